The van der Waals surface area contributed by atoms with Crippen LogP contribution in [0.4, 0.5) is 5.69 Å². The topological polar surface area (TPSA) is 76.4 Å². The third kappa shape index (κ3) is 4.73. The van der Waals surface area contributed by atoms with Gasteiger partial charge in [-0.05, 0) is 68.6 Å². The van der Waals surface area contributed by atoms with E-state index >= 15 is 0 Å². The molecule has 0 radical (unpaired) electrons. The van der Waals surface area contributed by atoms with Gasteiger partial charge in [0.25, 0.3) is 0 Å². The van der Waals surface area contributed by atoms with Crippen LogP contribution in [0.5, 0.6) is 0 Å². The Balaban J connectivity index is 1.52. The first-order chi connectivity index (χ1) is 13.1. The summed E-state index contributed by atoms with van der Waals surface area (Å²) in [6.07, 6.45) is 1.28. The summed E-state index contributed by atoms with van der Waals surface area (Å²) in [6.45, 7) is 3.49. The van der Waals surface area contributed by atoms with Crippen LogP contribution in [0.25, 0.3) is 0 Å². The Bertz CT molecular complexity index is 791. The van der Waals surface area contributed by atoms with Crippen LogP contribution in [0.1, 0.15) is 37.0 Å². The summed E-state index contributed by atoms with van der Waals surface area (Å²) in [5.74, 6) is 0.166. The molecule has 2 aromatic rings. The van der Waals surface area contributed by atoms with Gasteiger partial charge in [-0.15, -0.1) is 0 Å². The van der Waals surface area contributed by atoms with Crippen molar-refractivity contribution in [1.82, 2.24) is 4.90 Å². The van der Waals surface area contributed by atoms with Crippen molar-refractivity contribution in [3.63, 3.8) is 0 Å². The highest BCUT2D eigenvalue weighted by Gasteiger charge is 2.30. The average Bonchev–Trinajstić information content (AvgIpc) is 2.74. The average molecular weight is 363 g/mol. The van der Waals surface area contributed by atoms with Crippen molar-refractivity contribution in [1.29, 1.82) is 5.26 Å². The molecule has 2 atom stereocenters. The molecule has 1 aliphatic rings. The van der Waals surface area contributed by atoms with E-state index in [2.05, 4.69) is 16.3 Å². The van der Waals surface area contributed by atoms with Crippen LogP contribution >= 0.6 is 0 Å². The predicted octanol–water partition coefficient (Wildman–Crippen LogP) is 3.33. The fraction of sp³-hybridized carbons (Fsp3) is 0.364. The van der Waals surface area contributed by atoms with Gasteiger partial charge in [0.05, 0.1) is 23.8 Å². The van der Waals surface area contributed by atoms with Crippen molar-refractivity contribution in [3.8, 4) is 6.07 Å². The van der Waals surface area contributed by atoms with E-state index in [9.17, 15) is 9.90 Å². The Morgan fingerprint density at radius 3 is 2.37 bits per heavy atom. The number of nitrogens with one attached hydrogen (secondary N) is 1. The summed E-state index contributed by atoms with van der Waals surface area (Å²) in [5.41, 5.74) is 2.22. The third-order valence-corrected chi connectivity index (χ3v) is 5.37. The number of likely N-dealkylation sites (tertiary alicyclic amines) is 1. The molecule has 2 aromatic carbocycles. The van der Waals surface area contributed by atoms with E-state index in [-0.39, 0.29) is 17.9 Å². The number of hydrogen-bond donors (Lipinski definition) is 2. The van der Waals surface area contributed by atoms with Gasteiger partial charge in [0.2, 0.25) is 5.91 Å². The first-order valence-electron chi connectivity index (χ1n) is 9.36. The molecule has 1 amide bonds. The maximum absolute atomic E-state index is 12.5. The van der Waals surface area contributed by atoms with Crippen LogP contribution in [0.15, 0.2) is 54.6 Å². The lowest BCUT2D eigenvalue weighted by Crippen LogP contribution is -2.46. The zero-order valence-electron chi connectivity index (χ0n) is 15.5. The van der Waals surface area contributed by atoms with Crippen LogP contribution in [0.2, 0.25) is 0 Å². The molecule has 1 saturated heterocycles. The highest BCUT2D eigenvalue weighted by atomic mass is 16.3. The predicted molar refractivity (Wildman–Crippen MR) is 105 cm³/mol. The number of benzene rings is 2. The van der Waals surface area contributed by atoms with Gasteiger partial charge in [0.15, 0.2) is 0 Å². The summed E-state index contributed by atoms with van der Waals surface area (Å²) in [7, 11) is 0. The molecule has 0 spiro atoms. The van der Waals surface area contributed by atoms with E-state index in [1.165, 1.54) is 0 Å². The van der Waals surface area contributed by atoms with Gasteiger partial charge in [-0.2, -0.15) is 5.26 Å². The van der Waals surface area contributed by atoms with Crippen molar-refractivity contribution in [2.45, 2.75) is 31.9 Å². The maximum Gasteiger partial charge on any atom is 0.241 e. The second-order valence-corrected chi connectivity index (χ2v) is 7.08. The number of aliphatic hydroxyl groups excluding tert-OH is 1. The second-order valence-electron chi connectivity index (χ2n) is 7.08. The highest BCUT2D eigenvalue weighted by molar-refractivity contribution is 5.94. The lowest BCUT2D eigenvalue weighted by Gasteiger charge is -2.37. The zero-order chi connectivity index (χ0) is 19.2. The molecule has 140 valence electrons. The van der Waals surface area contributed by atoms with Gasteiger partial charge in [-0.3, -0.25) is 9.69 Å². The third-order valence-electron chi connectivity index (χ3n) is 5.37. The monoisotopic (exact) mass is 363 g/mol. The van der Waals surface area contributed by atoms with E-state index in [0.29, 0.717) is 11.3 Å². The molecular formula is C22H25N3O2. The number of carbonyl (C=O) groups is 1. The number of hydrogen-bond acceptors (Lipinski definition) is 4. The normalized spacial score (nSPS) is 17.7. The number of rotatable bonds is 5. The van der Waals surface area contributed by atoms with E-state index in [0.717, 1.165) is 31.5 Å². The Morgan fingerprint density at radius 1 is 1.15 bits per heavy atom. The van der Waals surface area contributed by atoms with Gasteiger partial charge in [0, 0.05) is 5.69 Å². The summed E-state index contributed by atoms with van der Waals surface area (Å²) in [6, 6.07) is 18.5. The zero-order valence-corrected chi connectivity index (χ0v) is 15.5. The number of carbonyl (C=O) groups excluding carboxylic acids is 1. The molecule has 2 unspecified atom stereocenters. The second kappa shape index (κ2) is 8.81. The first-order valence-corrected chi connectivity index (χ1v) is 9.36. The van der Waals surface area contributed by atoms with Gasteiger partial charge in [-0.1, -0.05) is 30.3 Å². The quantitative estimate of drug-likeness (QED) is 0.854. The van der Waals surface area contributed by atoms with Crippen molar-refractivity contribution in [2.75, 3.05) is 18.4 Å². The molecule has 27 heavy (non-hydrogen) atoms. The summed E-state index contributed by atoms with van der Waals surface area (Å²) < 4.78 is 0. The SMILES string of the molecule is CC(C(=O)Nc1ccc(C#N)cc1)N1CCC(C(O)c2ccccc2)CC1. The fourth-order valence-electron chi connectivity index (χ4n) is 3.59. The Hall–Kier alpha value is -2.68. The van der Waals surface area contributed by atoms with Crippen LogP contribution in [0.3, 0.4) is 0 Å². The maximum atomic E-state index is 12.5. The molecule has 0 saturated carbocycles. The molecule has 1 heterocycles. The minimum Gasteiger partial charge on any atom is -0.388 e. The van der Waals surface area contributed by atoms with E-state index in [1.807, 2.05) is 37.3 Å². The molecule has 1 fully saturated rings. The summed E-state index contributed by atoms with van der Waals surface area (Å²) in [5, 5.41) is 22.3. The molecule has 3 rings (SSSR count). The van der Waals surface area contributed by atoms with Gasteiger partial charge >= 0.3 is 0 Å². The van der Waals surface area contributed by atoms with Crippen molar-refractivity contribution >= 4 is 11.6 Å². The molecule has 5 heteroatoms. The minimum absolute atomic E-state index is 0.0539. The van der Waals surface area contributed by atoms with Crippen LogP contribution in [-0.2, 0) is 4.79 Å². The summed E-state index contributed by atoms with van der Waals surface area (Å²) in [4.78, 5) is 14.7. The largest absolute Gasteiger partial charge is 0.388 e. The first kappa shape index (κ1) is 19.1. The number of aliphatic hydroxyl groups is 1. The lowest BCUT2D eigenvalue weighted by molar-refractivity contribution is -0.121. The van der Waals surface area contributed by atoms with Crippen LogP contribution in [-0.4, -0.2) is 35.0 Å². The van der Waals surface area contributed by atoms with Gasteiger partial charge < -0.3 is 10.4 Å². The molecule has 1 aliphatic heterocycles. The van der Waals surface area contributed by atoms with Crippen LogP contribution < -0.4 is 5.32 Å². The number of nitriles is 1. The molecule has 2 N–H and O–H groups in total. The smallest absolute Gasteiger partial charge is 0.241 e. The Kier molecular flexibility index (Phi) is 6.23. The molecule has 0 bridgehead atoms. The Labute approximate surface area is 160 Å². The van der Waals surface area contributed by atoms with Crippen molar-refractivity contribution < 1.29 is 9.90 Å². The van der Waals surface area contributed by atoms with E-state index < -0.39 is 6.10 Å². The molecule has 5 nitrogen and oxygen atoms in total. The van der Waals surface area contributed by atoms with E-state index in [4.69, 9.17) is 5.26 Å². The number of piperidine rings is 1. The number of nitrogens with zero attached hydrogens (tertiary/aromatic N) is 2. The van der Waals surface area contributed by atoms with E-state index in [1.54, 1.807) is 24.3 Å². The minimum atomic E-state index is -0.448. The number of anilines is 1. The standard InChI is InChI=1S/C22H25N3O2/c1-16(22(27)24-20-9-7-17(15-23)8-10-20)25-13-11-19(12-14-25)21(26)18-5-3-2-4-6-18/h2-10,16,19,21,26H,11-14H2,1H3,(H,24,27). The number of amides is 1. The summed E-state index contributed by atoms with van der Waals surface area (Å²) >= 11 is 0. The van der Waals surface area contributed by atoms with Crippen LogP contribution in [0, 0.1) is 17.2 Å². The van der Waals surface area contributed by atoms with Gasteiger partial charge in [-0.25, -0.2) is 0 Å². The Morgan fingerprint density at radius 2 is 1.78 bits per heavy atom. The lowest BCUT2D eigenvalue weighted by atomic mass is 9.87. The molecule has 0 aliphatic carbocycles. The fourth-order valence-corrected chi connectivity index (χ4v) is 3.59. The molecular weight excluding hydrogens is 338 g/mol. The van der Waals surface area contributed by atoms with Crippen molar-refractivity contribution in [2.24, 2.45) is 5.92 Å². The molecule has 0 aromatic heterocycles. The highest BCUT2D eigenvalue weighted by Crippen LogP contribution is 2.31. The van der Waals surface area contributed by atoms with Gasteiger partial charge in [0.1, 0.15) is 0 Å². The van der Waals surface area contributed by atoms with Crippen molar-refractivity contribution in [3.05, 3.63) is 65.7 Å².